The van der Waals surface area contributed by atoms with E-state index in [1.165, 1.54) is 0 Å². The van der Waals surface area contributed by atoms with E-state index in [1.54, 1.807) is 6.92 Å². The zero-order chi connectivity index (χ0) is 21.1. The number of nitrogens with two attached hydrogens (primary N) is 1. The van der Waals surface area contributed by atoms with Gasteiger partial charge in [0.05, 0.1) is 18.6 Å². The summed E-state index contributed by atoms with van der Waals surface area (Å²) in [5.74, 6) is 0.268. The Hall–Kier alpha value is -2.22. The van der Waals surface area contributed by atoms with Crippen molar-refractivity contribution in [2.75, 3.05) is 18.8 Å². The molecule has 3 N–H and O–H groups in total. The number of nitrogen functional groups attached to an aromatic ring is 1. The Morgan fingerprint density at radius 3 is 2.48 bits per heavy atom. The SMILES string of the molecule is CC(=O)N1[C@@H]2CN(C(=O)Cc3c(C)nc(N)nc3C)C[C@@H]3CC[C@H]1[C@](C)(C2)[C@@H]3O. The molecule has 1 aromatic heterocycles. The largest absolute Gasteiger partial charge is 0.392 e. The molecular formula is C21H31N5O3. The summed E-state index contributed by atoms with van der Waals surface area (Å²) in [5.41, 5.74) is 7.66. The number of anilines is 1. The fourth-order valence-corrected chi connectivity index (χ4v) is 6.09. The molecule has 0 aromatic carbocycles. The second kappa shape index (κ2) is 6.93. The topological polar surface area (TPSA) is 113 Å². The highest BCUT2D eigenvalue weighted by Crippen LogP contribution is 2.52. The van der Waals surface area contributed by atoms with Crippen molar-refractivity contribution in [2.24, 2.45) is 11.3 Å². The minimum absolute atomic E-state index is 0.0146. The average Bonchev–Trinajstić information content (AvgIpc) is 2.97. The van der Waals surface area contributed by atoms with Crippen molar-refractivity contribution >= 4 is 17.8 Å². The van der Waals surface area contributed by atoms with Gasteiger partial charge in [0, 0.05) is 54.3 Å². The van der Waals surface area contributed by atoms with E-state index in [9.17, 15) is 14.7 Å². The summed E-state index contributed by atoms with van der Waals surface area (Å²) >= 11 is 0. The molecule has 3 heterocycles. The Bertz CT molecular complexity index is 836. The maximum atomic E-state index is 13.3. The van der Waals surface area contributed by atoms with Gasteiger partial charge in [0.15, 0.2) is 0 Å². The van der Waals surface area contributed by atoms with Gasteiger partial charge in [0.25, 0.3) is 0 Å². The van der Waals surface area contributed by atoms with Crippen molar-refractivity contribution in [3.05, 3.63) is 17.0 Å². The Labute approximate surface area is 171 Å². The van der Waals surface area contributed by atoms with Gasteiger partial charge in [0.1, 0.15) is 0 Å². The van der Waals surface area contributed by atoms with E-state index in [1.807, 2.05) is 23.6 Å². The zero-order valence-corrected chi connectivity index (χ0v) is 17.7. The van der Waals surface area contributed by atoms with Crippen molar-refractivity contribution in [3.8, 4) is 0 Å². The van der Waals surface area contributed by atoms with Gasteiger partial charge in [-0.3, -0.25) is 9.59 Å². The van der Waals surface area contributed by atoms with Crippen LogP contribution in [0.4, 0.5) is 5.95 Å². The van der Waals surface area contributed by atoms with Crippen molar-refractivity contribution < 1.29 is 14.7 Å². The van der Waals surface area contributed by atoms with Crippen LogP contribution in [-0.4, -0.2) is 68.0 Å². The number of hydrogen-bond acceptors (Lipinski definition) is 6. The van der Waals surface area contributed by atoms with Crippen LogP contribution in [0.3, 0.4) is 0 Å². The van der Waals surface area contributed by atoms with Gasteiger partial charge >= 0.3 is 0 Å². The molecule has 3 aliphatic rings. The Kier molecular flexibility index (Phi) is 4.80. The van der Waals surface area contributed by atoms with Crippen LogP contribution in [0.2, 0.25) is 0 Å². The lowest BCUT2D eigenvalue weighted by atomic mass is 9.64. The Balaban J connectivity index is 1.63. The van der Waals surface area contributed by atoms with Crippen molar-refractivity contribution in [1.29, 1.82) is 0 Å². The molecular weight excluding hydrogens is 370 g/mol. The fourth-order valence-electron chi connectivity index (χ4n) is 6.09. The molecule has 29 heavy (non-hydrogen) atoms. The number of aromatic nitrogens is 2. The molecule has 3 fully saturated rings. The number of fused-ring (bicyclic) bond motifs is 2. The summed E-state index contributed by atoms with van der Waals surface area (Å²) in [6.07, 6.45) is 2.15. The highest BCUT2D eigenvalue weighted by Gasteiger charge is 2.59. The number of amides is 2. The predicted molar refractivity (Wildman–Crippen MR) is 108 cm³/mol. The summed E-state index contributed by atoms with van der Waals surface area (Å²) in [4.78, 5) is 37.9. The molecule has 4 rings (SSSR count). The quantitative estimate of drug-likeness (QED) is 0.759. The number of rotatable bonds is 2. The minimum atomic E-state index is -0.507. The van der Waals surface area contributed by atoms with E-state index in [4.69, 9.17) is 5.73 Å². The molecule has 8 nitrogen and oxygen atoms in total. The average molecular weight is 402 g/mol. The number of aliphatic hydroxyl groups is 1. The first-order valence-electron chi connectivity index (χ1n) is 10.5. The van der Waals surface area contributed by atoms with E-state index in [2.05, 4.69) is 16.9 Å². The molecule has 1 aromatic rings. The zero-order valence-electron chi connectivity index (χ0n) is 17.7. The molecule has 0 unspecified atom stereocenters. The van der Waals surface area contributed by atoms with Gasteiger partial charge < -0.3 is 20.6 Å². The van der Waals surface area contributed by atoms with E-state index in [-0.39, 0.29) is 47.6 Å². The first-order chi connectivity index (χ1) is 13.6. The molecule has 158 valence electrons. The molecule has 5 atom stereocenters. The monoisotopic (exact) mass is 401 g/mol. The van der Waals surface area contributed by atoms with E-state index in [0.29, 0.717) is 13.1 Å². The summed E-state index contributed by atoms with van der Waals surface area (Å²) in [6.45, 7) is 8.43. The molecule has 8 heteroatoms. The first kappa shape index (κ1) is 20.1. The number of carbonyl (C=O) groups is 2. The summed E-state index contributed by atoms with van der Waals surface area (Å²) < 4.78 is 0. The van der Waals surface area contributed by atoms with Crippen LogP contribution in [0.1, 0.15) is 50.1 Å². The van der Waals surface area contributed by atoms with Gasteiger partial charge in [-0.2, -0.15) is 0 Å². The standard InChI is InChI=1S/C21H31N5O3/c1-11-16(12(2)24-20(22)23-11)7-18(28)25-9-14-5-6-17-21(4,19(14)29)8-15(10-25)26(17)13(3)27/h14-15,17,19,29H,5-10H2,1-4H3,(H2,22,23,24)/t14-,15-,17-,19+,21-/m0/s1. The van der Waals surface area contributed by atoms with Crippen molar-refractivity contribution in [3.63, 3.8) is 0 Å². The second-order valence-electron chi connectivity index (χ2n) is 9.29. The van der Waals surface area contributed by atoms with E-state index >= 15 is 0 Å². The number of carbonyl (C=O) groups excluding carboxylic acids is 2. The van der Waals surface area contributed by atoms with Gasteiger partial charge in [-0.25, -0.2) is 9.97 Å². The maximum Gasteiger partial charge on any atom is 0.227 e. The maximum absolute atomic E-state index is 13.3. The van der Waals surface area contributed by atoms with Crippen LogP contribution < -0.4 is 5.73 Å². The van der Waals surface area contributed by atoms with Crippen LogP contribution in [0.5, 0.6) is 0 Å². The lowest BCUT2D eigenvalue weighted by Gasteiger charge is -2.47. The van der Waals surface area contributed by atoms with Crippen LogP contribution in [0.15, 0.2) is 0 Å². The number of aliphatic hydroxyl groups excluding tert-OH is 1. The van der Waals surface area contributed by atoms with E-state index in [0.717, 1.165) is 36.2 Å². The second-order valence-corrected chi connectivity index (χ2v) is 9.29. The van der Waals surface area contributed by atoms with Crippen molar-refractivity contribution in [2.45, 2.75) is 71.6 Å². The molecule has 2 saturated heterocycles. The first-order valence-corrected chi connectivity index (χ1v) is 10.5. The molecule has 2 aliphatic heterocycles. The molecule has 1 aliphatic carbocycles. The van der Waals surface area contributed by atoms with Gasteiger partial charge in [-0.15, -0.1) is 0 Å². The molecule has 0 radical (unpaired) electrons. The smallest absolute Gasteiger partial charge is 0.227 e. The number of likely N-dealkylation sites (tertiary alicyclic amines) is 2. The fraction of sp³-hybridized carbons (Fsp3) is 0.714. The number of nitrogens with zero attached hydrogens (tertiary/aromatic N) is 4. The molecule has 2 amide bonds. The van der Waals surface area contributed by atoms with Crippen LogP contribution in [0, 0.1) is 25.2 Å². The molecule has 0 spiro atoms. The van der Waals surface area contributed by atoms with Gasteiger partial charge in [-0.1, -0.05) is 6.92 Å². The number of hydrogen-bond donors (Lipinski definition) is 2. The third kappa shape index (κ3) is 3.17. The summed E-state index contributed by atoms with van der Waals surface area (Å²) in [5, 5.41) is 11.1. The Morgan fingerprint density at radius 1 is 1.21 bits per heavy atom. The van der Waals surface area contributed by atoms with Crippen LogP contribution in [-0.2, 0) is 16.0 Å². The summed E-state index contributed by atoms with van der Waals surface area (Å²) in [6, 6.07) is 0.00583. The van der Waals surface area contributed by atoms with Crippen LogP contribution in [0.25, 0.3) is 0 Å². The molecule has 1 saturated carbocycles. The third-order valence-electron chi connectivity index (χ3n) is 7.47. The lowest BCUT2D eigenvalue weighted by molar-refractivity contribution is -0.136. The lowest BCUT2D eigenvalue weighted by Crippen LogP contribution is -2.54. The third-order valence-corrected chi connectivity index (χ3v) is 7.47. The highest BCUT2D eigenvalue weighted by atomic mass is 16.3. The number of aryl methyl sites for hydroxylation is 2. The molecule has 3 bridgehead atoms. The highest BCUT2D eigenvalue weighted by molar-refractivity contribution is 5.80. The van der Waals surface area contributed by atoms with E-state index < -0.39 is 6.10 Å². The normalized spacial score (nSPS) is 33.6. The van der Waals surface area contributed by atoms with Gasteiger partial charge in [-0.05, 0) is 33.1 Å². The van der Waals surface area contributed by atoms with Gasteiger partial charge in [0.2, 0.25) is 17.8 Å². The summed E-state index contributed by atoms with van der Waals surface area (Å²) in [7, 11) is 0. The van der Waals surface area contributed by atoms with Crippen molar-refractivity contribution in [1.82, 2.24) is 19.8 Å². The Morgan fingerprint density at radius 2 is 1.86 bits per heavy atom. The van der Waals surface area contributed by atoms with Crippen LogP contribution >= 0.6 is 0 Å². The minimum Gasteiger partial charge on any atom is -0.392 e. The predicted octanol–water partition coefficient (Wildman–Crippen LogP) is 0.827.